The van der Waals surface area contributed by atoms with Gasteiger partial charge < -0.3 is 0 Å². The normalized spacial score (nSPS) is 11.5. The molecule has 0 bridgehead atoms. The van der Waals surface area contributed by atoms with Crippen LogP contribution in [-0.2, 0) is 6.18 Å². The van der Waals surface area contributed by atoms with Crippen molar-refractivity contribution in [2.24, 2.45) is 0 Å². The fourth-order valence-corrected chi connectivity index (χ4v) is 1.96. The van der Waals surface area contributed by atoms with Crippen molar-refractivity contribution in [1.82, 2.24) is 0 Å². The molecule has 15 heavy (non-hydrogen) atoms. The molecule has 0 radical (unpaired) electrons. The number of hydrogen-bond acceptors (Lipinski definition) is 1. The summed E-state index contributed by atoms with van der Waals surface area (Å²) in [5.41, 5.74) is -0.700. The standard InChI is InChI=1S/C9H5BrF3IO/c10-4-8(15)5-1-2-7(14)6(3-5)9(11,12)13/h1-3H,4H2. The van der Waals surface area contributed by atoms with Gasteiger partial charge in [0.05, 0.1) is 10.9 Å². The van der Waals surface area contributed by atoms with E-state index in [0.29, 0.717) is 0 Å². The summed E-state index contributed by atoms with van der Waals surface area (Å²) >= 11 is 4.51. The summed E-state index contributed by atoms with van der Waals surface area (Å²) in [4.78, 5) is 11.2. The molecule has 0 aromatic heterocycles. The van der Waals surface area contributed by atoms with Crippen molar-refractivity contribution in [2.45, 2.75) is 6.18 Å². The van der Waals surface area contributed by atoms with Crippen LogP contribution in [-0.4, -0.2) is 11.1 Å². The van der Waals surface area contributed by atoms with Crippen LogP contribution in [0.3, 0.4) is 0 Å². The molecule has 0 aliphatic heterocycles. The summed E-state index contributed by atoms with van der Waals surface area (Å²) in [6, 6.07) is 3.56. The van der Waals surface area contributed by atoms with E-state index in [1.807, 2.05) is 0 Å². The van der Waals surface area contributed by atoms with Gasteiger partial charge in [0.15, 0.2) is 5.78 Å². The minimum atomic E-state index is -4.42. The quantitative estimate of drug-likeness (QED) is 0.424. The van der Waals surface area contributed by atoms with Crippen molar-refractivity contribution in [3.8, 4) is 0 Å². The molecule has 1 aromatic rings. The van der Waals surface area contributed by atoms with Gasteiger partial charge in [0.2, 0.25) is 0 Å². The largest absolute Gasteiger partial charge is 0.417 e. The number of alkyl halides is 4. The summed E-state index contributed by atoms with van der Waals surface area (Å²) < 4.78 is 37.5. The van der Waals surface area contributed by atoms with Crippen molar-refractivity contribution >= 4 is 44.3 Å². The van der Waals surface area contributed by atoms with Crippen molar-refractivity contribution in [3.63, 3.8) is 0 Å². The number of carbonyl (C=O) groups is 1. The molecule has 82 valence electrons. The van der Waals surface area contributed by atoms with Gasteiger partial charge in [-0.15, -0.1) is 0 Å². The fourth-order valence-electron chi connectivity index (χ4n) is 0.993. The first-order valence-electron chi connectivity index (χ1n) is 3.82. The summed E-state index contributed by atoms with van der Waals surface area (Å²) in [6.07, 6.45) is -4.42. The van der Waals surface area contributed by atoms with E-state index in [-0.39, 0.29) is 20.2 Å². The van der Waals surface area contributed by atoms with E-state index in [4.69, 9.17) is 0 Å². The molecule has 6 heteroatoms. The zero-order chi connectivity index (χ0) is 11.6. The van der Waals surface area contributed by atoms with E-state index >= 15 is 0 Å². The predicted molar refractivity (Wildman–Crippen MR) is 62.3 cm³/mol. The van der Waals surface area contributed by atoms with Gasteiger partial charge in [0.25, 0.3) is 0 Å². The van der Waals surface area contributed by atoms with E-state index in [9.17, 15) is 18.0 Å². The van der Waals surface area contributed by atoms with Crippen LogP contribution in [0, 0.1) is 3.57 Å². The van der Waals surface area contributed by atoms with Gasteiger partial charge in [-0.2, -0.15) is 13.2 Å². The monoisotopic (exact) mass is 392 g/mol. The summed E-state index contributed by atoms with van der Waals surface area (Å²) in [5, 5.41) is 0.0187. The Labute approximate surface area is 106 Å². The number of benzene rings is 1. The first kappa shape index (κ1) is 13.0. The highest BCUT2D eigenvalue weighted by Gasteiger charge is 2.33. The van der Waals surface area contributed by atoms with Crippen molar-refractivity contribution < 1.29 is 18.0 Å². The van der Waals surface area contributed by atoms with Crippen LogP contribution in [0.5, 0.6) is 0 Å². The van der Waals surface area contributed by atoms with Gasteiger partial charge >= 0.3 is 6.18 Å². The SMILES string of the molecule is O=C(CBr)c1ccc(I)c(C(F)(F)F)c1. The third kappa shape index (κ3) is 3.17. The molecule has 1 nitrogen and oxygen atoms in total. The molecule has 0 saturated carbocycles. The van der Waals surface area contributed by atoms with Crippen LogP contribution in [0.2, 0.25) is 0 Å². The molecule has 0 saturated heterocycles. The molecule has 0 spiro atoms. The van der Waals surface area contributed by atoms with Gasteiger partial charge in [-0.3, -0.25) is 4.79 Å². The number of Topliss-reactive ketones (excluding diaryl/α,β-unsaturated/α-hetero) is 1. The van der Waals surface area contributed by atoms with Crippen LogP contribution in [0.15, 0.2) is 18.2 Å². The van der Waals surface area contributed by atoms with E-state index in [0.717, 1.165) is 6.07 Å². The van der Waals surface area contributed by atoms with Crippen LogP contribution in [0.4, 0.5) is 13.2 Å². The van der Waals surface area contributed by atoms with Crippen molar-refractivity contribution in [2.75, 3.05) is 5.33 Å². The van der Waals surface area contributed by atoms with Crippen LogP contribution in [0.1, 0.15) is 15.9 Å². The average molecular weight is 393 g/mol. The van der Waals surface area contributed by atoms with Crippen LogP contribution < -0.4 is 0 Å². The lowest BCUT2D eigenvalue weighted by molar-refractivity contribution is -0.138. The maximum Gasteiger partial charge on any atom is 0.417 e. The van der Waals surface area contributed by atoms with Gasteiger partial charge in [-0.05, 0) is 34.7 Å². The Hall–Kier alpha value is -0.110. The second kappa shape index (κ2) is 4.82. The highest BCUT2D eigenvalue weighted by Crippen LogP contribution is 2.33. The maximum atomic E-state index is 12.5. The van der Waals surface area contributed by atoms with E-state index in [1.165, 1.54) is 12.1 Å². The minimum absolute atomic E-state index is 0.0187. The highest BCUT2D eigenvalue weighted by atomic mass is 127. The Balaban J connectivity index is 3.23. The topological polar surface area (TPSA) is 17.1 Å². The first-order valence-corrected chi connectivity index (χ1v) is 6.02. The number of hydrogen-bond donors (Lipinski definition) is 0. The summed E-state index contributed by atoms with van der Waals surface area (Å²) in [5.74, 6) is -0.364. The Morgan fingerprint density at radius 1 is 1.40 bits per heavy atom. The second-order valence-electron chi connectivity index (χ2n) is 2.75. The number of rotatable bonds is 2. The molecule has 0 amide bonds. The molecule has 0 aliphatic rings. The first-order chi connectivity index (χ1) is 6.86. The maximum absolute atomic E-state index is 12.5. The molecular weight excluding hydrogens is 388 g/mol. The van der Waals surface area contributed by atoms with Crippen molar-refractivity contribution in [1.29, 1.82) is 0 Å². The van der Waals surface area contributed by atoms with E-state index in [1.54, 1.807) is 22.6 Å². The molecule has 1 rings (SSSR count). The van der Waals surface area contributed by atoms with Gasteiger partial charge in [0.1, 0.15) is 0 Å². The number of carbonyl (C=O) groups excluding carboxylic acids is 1. The lowest BCUT2D eigenvalue weighted by Gasteiger charge is -2.10. The molecule has 0 N–H and O–H groups in total. The van der Waals surface area contributed by atoms with Crippen LogP contribution >= 0.6 is 38.5 Å². The van der Waals surface area contributed by atoms with E-state index in [2.05, 4.69) is 15.9 Å². The average Bonchev–Trinajstić information content (AvgIpc) is 2.15. The van der Waals surface area contributed by atoms with Gasteiger partial charge in [-0.25, -0.2) is 0 Å². The highest BCUT2D eigenvalue weighted by molar-refractivity contribution is 14.1. The summed E-state index contributed by atoms with van der Waals surface area (Å²) in [6.45, 7) is 0. The molecule has 0 fully saturated rings. The molecule has 0 unspecified atom stereocenters. The number of halogens is 5. The Morgan fingerprint density at radius 2 is 2.00 bits per heavy atom. The van der Waals surface area contributed by atoms with Gasteiger partial charge in [0, 0.05) is 9.13 Å². The lowest BCUT2D eigenvalue weighted by atomic mass is 10.1. The second-order valence-corrected chi connectivity index (χ2v) is 4.47. The molecular formula is C9H5BrF3IO. The summed E-state index contributed by atoms with van der Waals surface area (Å²) in [7, 11) is 0. The third-order valence-corrected chi connectivity index (χ3v) is 3.17. The minimum Gasteiger partial charge on any atom is -0.293 e. The molecule has 1 aromatic carbocycles. The predicted octanol–water partition coefficient (Wildman–Crippen LogP) is 3.89. The molecule has 0 atom stereocenters. The lowest BCUT2D eigenvalue weighted by Crippen LogP contribution is -2.10. The Morgan fingerprint density at radius 3 is 2.47 bits per heavy atom. The zero-order valence-electron chi connectivity index (χ0n) is 7.24. The smallest absolute Gasteiger partial charge is 0.293 e. The third-order valence-electron chi connectivity index (χ3n) is 1.72. The zero-order valence-corrected chi connectivity index (χ0v) is 11.0. The van der Waals surface area contributed by atoms with Crippen molar-refractivity contribution in [3.05, 3.63) is 32.9 Å². The van der Waals surface area contributed by atoms with E-state index < -0.39 is 11.7 Å². The molecule has 0 aliphatic carbocycles. The number of ketones is 1. The fraction of sp³-hybridized carbons (Fsp3) is 0.222. The van der Waals surface area contributed by atoms with Crippen LogP contribution in [0.25, 0.3) is 0 Å². The van der Waals surface area contributed by atoms with Gasteiger partial charge in [-0.1, -0.05) is 22.0 Å². The Bertz CT molecular complexity index is 389. The Kier molecular flexibility index (Phi) is 4.16. The molecule has 0 heterocycles.